The molecule has 0 fully saturated rings. The second kappa shape index (κ2) is 5.38. The first-order valence-electron chi connectivity index (χ1n) is 5.69. The van der Waals surface area contributed by atoms with Crippen molar-refractivity contribution < 1.29 is 0 Å². The summed E-state index contributed by atoms with van der Waals surface area (Å²) in [5, 5.41) is 6.59. The molecule has 4 heteroatoms. The first kappa shape index (κ1) is 12.2. The smallest absolute Gasteiger partial charge is 0.0897 e. The molecule has 0 saturated heterocycles. The Hall–Kier alpha value is -1.26. The van der Waals surface area contributed by atoms with E-state index in [4.69, 9.17) is 0 Å². The maximum Gasteiger partial charge on any atom is 0.0897 e. The van der Waals surface area contributed by atoms with Crippen molar-refractivity contribution in [3.8, 4) is 0 Å². The summed E-state index contributed by atoms with van der Waals surface area (Å²) in [7, 11) is 1.98. The Morgan fingerprint density at radius 1 is 1.41 bits per heavy atom. The highest BCUT2D eigenvalue weighted by molar-refractivity contribution is 7.09. The molecule has 2 rings (SSSR count). The van der Waals surface area contributed by atoms with Crippen molar-refractivity contribution in [1.29, 1.82) is 0 Å². The second-order valence-corrected chi connectivity index (χ2v) is 5.20. The summed E-state index contributed by atoms with van der Waals surface area (Å²) >= 11 is 1.70. The van der Waals surface area contributed by atoms with Crippen molar-refractivity contribution in [3.63, 3.8) is 0 Å². The van der Waals surface area contributed by atoms with Gasteiger partial charge in [-0.1, -0.05) is 0 Å². The van der Waals surface area contributed by atoms with Gasteiger partial charge in [-0.2, -0.15) is 0 Å². The first-order chi connectivity index (χ1) is 8.20. The van der Waals surface area contributed by atoms with Crippen LogP contribution in [0.4, 0.5) is 0 Å². The van der Waals surface area contributed by atoms with Crippen LogP contribution in [0.3, 0.4) is 0 Å². The zero-order chi connectivity index (χ0) is 12.3. The maximum absolute atomic E-state index is 4.51. The Morgan fingerprint density at radius 2 is 2.24 bits per heavy atom. The van der Waals surface area contributed by atoms with Gasteiger partial charge in [-0.15, -0.1) is 11.3 Å². The lowest BCUT2D eigenvalue weighted by atomic mass is 10.0. The average molecular weight is 247 g/mol. The number of aryl methyl sites for hydroxylation is 2. The minimum absolute atomic E-state index is 0.283. The van der Waals surface area contributed by atoms with Crippen LogP contribution in [-0.4, -0.2) is 17.0 Å². The lowest BCUT2D eigenvalue weighted by Gasteiger charge is -2.17. The SMILES string of the molecule is CNC(Cc1csc(C)n1)c1cnccc1C. The van der Waals surface area contributed by atoms with Crippen LogP contribution in [0.25, 0.3) is 0 Å². The number of likely N-dealkylation sites (N-methyl/N-ethyl adjacent to an activating group) is 1. The number of rotatable bonds is 4. The highest BCUT2D eigenvalue weighted by atomic mass is 32.1. The topological polar surface area (TPSA) is 37.8 Å². The van der Waals surface area contributed by atoms with E-state index in [1.807, 2.05) is 32.4 Å². The largest absolute Gasteiger partial charge is 0.313 e. The Balaban J connectivity index is 2.20. The van der Waals surface area contributed by atoms with Gasteiger partial charge in [-0.3, -0.25) is 4.98 Å². The fourth-order valence-corrected chi connectivity index (χ4v) is 2.55. The van der Waals surface area contributed by atoms with Gasteiger partial charge in [0.15, 0.2) is 0 Å². The summed E-state index contributed by atoms with van der Waals surface area (Å²) in [5.74, 6) is 0. The van der Waals surface area contributed by atoms with Gasteiger partial charge in [0.2, 0.25) is 0 Å². The van der Waals surface area contributed by atoms with Gasteiger partial charge in [0.1, 0.15) is 0 Å². The van der Waals surface area contributed by atoms with Crippen LogP contribution in [0.5, 0.6) is 0 Å². The van der Waals surface area contributed by atoms with E-state index in [0.29, 0.717) is 0 Å². The van der Waals surface area contributed by atoms with E-state index >= 15 is 0 Å². The molecule has 2 heterocycles. The number of nitrogens with one attached hydrogen (secondary N) is 1. The predicted octanol–water partition coefficient (Wildman–Crippen LogP) is 2.66. The quantitative estimate of drug-likeness (QED) is 0.902. The van der Waals surface area contributed by atoms with Crippen molar-refractivity contribution in [2.45, 2.75) is 26.3 Å². The van der Waals surface area contributed by atoms with E-state index in [-0.39, 0.29) is 6.04 Å². The molecule has 0 aliphatic rings. The number of aromatic nitrogens is 2. The van der Waals surface area contributed by atoms with Crippen molar-refractivity contribution in [2.75, 3.05) is 7.05 Å². The molecule has 0 aliphatic heterocycles. The zero-order valence-corrected chi connectivity index (χ0v) is 11.2. The number of hydrogen-bond acceptors (Lipinski definition) is 4. The van der Waals surface area contributed by atoms with E-state index in [1.54, 1.807) is 11.3 Å². The Kier molecular flexibility index (Phi) is 3.86. The molecule has 2 aromatic heterocycles. The Labute approximate surface area is 106 Å². The predicted molar refractivity (Wildman–Crippen MR) is 71.3 cm³/mol. The molecular formula is C13H17N3S. The third-order valence-corrected chi connectivity index (χ3v) is 3.71. The van der Waals surface area contributed by atoms with Gasteiger partial charge in [-0.05, 0) is 38.1 Å². The summed E-state index contributed by atoms with van der Waals surface area (Å²) in [4.78, 5) is 8.72. The molecule has 0 bridgehead atoms. The molecule has 1 atom stereocenters. The molecule has 3 nitrogen and oxygen atoms in total. The fourth-order valence-electron chi connectivity index (χ4n) is 1.92. The van der Waals surface area contributed by atoms with Crippen LogP contribution < -0.4 is 5.32 Å². The second-order valence-electron chi connectivity index (χ2n) is 4.14. The highest BCUT2D eigenvalue weighted by Crippen LogP contribution is 2.21. The molecule has 0 radical (unpaired) electrons. The molecule has 0 saturated carbocycles. The number of pyridine rings is 1. The Morgan fingerprint density at radius 3 is 2.82 bits per heavy atom. The molecule has 0 spiro atoms. The molecule has 0 amide bonds. The summed E-state index contributed by atoms with van der Waals surface area (Å²) in [6, 6.07) is 2.33. The van der Waals surface area contributed by atoms with Crippen LogP contribution in [0.2, 0.25) is 0 Å². The molecule has 0 aromatic carbocycles. The molecule has 2 aromatic rings. The van der Waals surface area contributed by atoms with Crippen molar-refractivity contribution >= 4 is 11.3 Å². The Bertz CT molecular complexity index is 493. The minimum Gasteiger partial charge on any atom is -0.313 e. The lowest BCUT2D eigenvalue weighted by molar-refractivity contribution is 0.580. The summed E-state index contributed by atoms with van der Waals surface area (Å²) in [6.07, 6.45) is 4.68. The third kappa shape index (κ3) is 2.90. The minimum atomic E-state index is 0.283. The van der Waals surface area contributed by atoms with E-state index < -0.39 is 0 Å². The van der Waals surface area contributed by atoms with Crippen molar-refractivity contribution in [2.24, 2.45) is 0 Å². The highest BCUT2D eigenvalue weighted by Gasteiger charge is 2.13. The molecule has 1 unspecified atom stereocenters. The van der Waals surface area contributed by atoms with Gasteiger partial charge in [0.05, 0.1) is 10.7 Å². The molecule has 90 valence electrons. The number of hydrogen-bond donors (Lipinski definition) is 1. The summed E-state index contributed by atoms with van der Waals surface area (Å²) in [5.41, 5.74) is 3.67. The maximum atomic E-state index is 4.51. The van der Waals surface area contributed by atoms with E-state index in [2.05, 4.69) is 27.6 Å². The van der Waals surface area contributed by atoms with E-state index in [0.717, 1.165) is 17.1 Å². The first-order valence-corrected chi connectivity index (χ1v) is 6.57. The number of nitrogens with zero attached hydrogens (tertiary/aromatic N) is 2. The van der Waals surface area contributed by atoms with Crippen LogP contribution in [0.15, 0.2) is 23.8 Å². The fraction of sp³-hybridized carbons (Fsp3) is 0.385. The van der Waals surface area contributed by atoms with Gasteiger partial charge in [-0.25, -0.2) is 4.98 Å². The average Bonchev–Trinajstić information content (AvgIpc) is 2.73. The number of thiazole rings is 1. The summed E-state index contributed by atoms with van der Waals surface area (Å²) < 4.78 is 0. The van der Waals surface area contributed by atoms with Gasteiger partial charge >= 0.3 is 0 Å². The molecule has 0 aliphatic carbocycles. The van der Waals surface area contributed by atoms with Crippen molar-refractivity contribution in [1.82, 2.24) is 15.3 Å². The third-order valence-electron chi connectivity index (χ3n) is 2.88. The molecule has 17 heavy (non-hydrogen) atoms. The standard InChI is InChI=1S/C13H17N3S/c1-9-4-5-15-7-12(9)13(14-3)6-11-8-17-10(2)16-11/h4-5,7-8,13-14H,6H2,1-3H3. The molecular weight excluding hydrogens is 230 g/mol. The van der Waals surface area contributed by atoms with Crippen LogP contribution in [0.1, 0.15) is 27.9 Å². The van der Waals surface area contributed by atoms with Crippen LogP contribution in [-0.2, 0) is 6.42 Å². The van der Waals surface area contributed by atoms with Gasteiger partial charge < -0.3 is 5.32 Å². The monoisotopic (exact) mass is 247 g/mol. The van der Waals surface area contributed by atoms with Gasteiger partial charge in [0, 0.05) is 30.2 Å². The van der Waals surface area contributed by atoms with E-state index in [9.17, 15) is 0 Å². The van der Waals surface area contributed by atoms with Crippen LogP contribution in [0, 0.1) is 13.8 Å². The molecule has 1 N–H and O–H groups in total. The van der Waals surface area contributed by atoms with Crippen LogP contribution >= 0.6 is 11.3 Å². The normalized spacial score (nSPS) is 12.6. The van der Waals surface area contributed by atoms with Crippen molar-refractivity contribution in [3.05, 3.63) is 45.7 Å². The van der Waals surface area contributed by atoms with E-state index in [1.165, 1.54) is 11.1 Å². The summed E-state index contributed by atoms with van der Waals surface area (Å²) in [6.45, 7) is 4.16. The lowest BCUT2D eigenvalue weighted by Crippen LogP contribution is -2.20. The zero-order valence-electron chi connectivity index (χ0n) is 10.4. The van der Waals surface area contributed by atoms with Gasteiger partial charge in [0.25, 0.3) is 0 Å².